The minimum atomic E-state index is -0.829. The summed E-state index contributed by atoms with van der Waals surface area (Å²) >= 11 is 0. The summed E-state index contributed by atoms with van der Waals surface area (Å²) in [7, 11) is 1.91. The van der Waals surface area contributed by atoms with Gasteiger partial charge in [-0.2, -0.15) is 5.10 Å². The Labute approximate surface area is 191 Å². The molecule has 1 amide bonds. The van der Waals surface area contributed by atoms with Crippen LogP contribution in [0.25, 0.3) is 0 Å². The molecule has 4 aliphatic rings. The van der Waals surface area contributed by atoms with Crippen LogP contribution in [0.4, 0.5) is 0 Å². The van der Waals surface area contributed by atoms with Gasteiger partial charge in [-0.25, -0.2) is 0 Å². The molecule has 0 unspecified atom stereocenters. The molecule has 3 saturated heterocycles. The summed E-state index contributed by atoms with van der Waals surface area (Å²) in [5.41, 5.74) is 2.07. The molecule has 0 saturated carbocycles. The van der Waals surface area contributed by atoms with Gasteiger partial charge < -0.3 is 19.5 Å². The Hall–Kier alpha value is -1.44. The Kier molecular flexibility index (Phi) is 5.46. The van der Waals surface area contributed by atoms with E-state index >= 15 is 0 Å². The van der Waals surface area contributed by atoms with Crippen molar-refractivity contribution in [2.75, 3.05) is 19.7 Å². The summed E-state index contributed by atoms with van der Waals surface area (Å²) in [6.07, 6.45) is 8.90. The zero-order valence-corrected chi connectivity index (χ0v) is 20.2. The first-order chi connectivity index (χ1) is 15.1. The second-order valence-electron chi connectivity index (χ2n) is 11.5. The quantitative estimate of drug-likeness (QED) is 0.774. The number of likely N-dealkylation sites (tertiary alicyclic amines) is 1. The van der Waals surface area contributed by atoms with E-state index in [0.29, 0.717) is 0 Å². The van der Waals surface area contributed by atoms with Crippen molar-refractivity contribution in [3.8, 4) is 0 Å². The number of rotatable bonds is 3. The first-order valence-electron chi connectivity index (χ1n) is 12.5. The van der Waals surface area contributed by atoms with Gasteiger partial charge in [-0.15, -0.1) is 0 Å². The minimum absolute atomic E-state index is 0.0567. The number of carbonyl (C=O) groups is 1. The molecular weight excluding hydrogens is 406 g/mol. The Balaban J connectivity index is 1.22. The highest BCUT2D eigenvalue weighted by Gasteiger charge is 2.53. The standard InChI is InChI=1S/C25H39N3O4/c1-23(2,30)19-9-10-24(3,32-19)20-15-25(16-31-20)11-13-28(14-12-25)22(29)21-17-7-5-6-8-18(17)26-27(21)4/h19-20,30H,5-16H2,1-4H3/t19-,20-,24+/m0/s1. The predicted molar refractivity (Wildman–Crippen MR) is 121 cm³/mol. The van der Waals surface area contributed by atoms with Gasteiger partial charge >= 0.3 is 0 Å². The van der Waals surface area contributed by atoms with Gasteiger partial charge in [-0.05, 0) is 84.0 Å². The Morgan fingerprint density at radius 2 is 1.91 bits per heavy atom. The van der Waals surface area contributed by atoms with E-state index in [-0.39, 0.29) is 29.1 Å². The van der Waals surface area contributed by atoms with Crippen molar-refractivity contribution < 1.29 is 19.4 Å². The van der Waals surface area contributed by atoms with E-state index in [1.54, 1.807) is 0 Å². The van der Waals surface area contributed by atoms with Crippen LogP contribution in [0.15, 0.2) is 0 Å². The summed E-state index contributed by atoms with van der Waals surface area (Å²) in [5.74, 6) is 0.146. The monoisotopic (exact) mass is 445 g/mol. The van der Waals surface area contributed by atoms with E-state index in [2.05, 4.69) is 12.0 Å². The van der Waals surface area contributed by atoms with Crippen molar-refractivity contribution in [1.82, 2.24) is 14.7 Å². The molecule has 32 heavy (non-hydrogen) atoms. The lowest BCUT2D eigenvalue weighted by atomic mass is 9.74. The SMILES string of the molecule is Cn1nc2c(c1C(=O)N1CCC3(CC1)CO[C@H]([C@@]1(C)CC[C@@H](C(C)(C)O)O1)C3)CCCC2. The largest absolute Gasteiger partial charge is 0.388 e. The van der Waals surface area contributed by atoms with Crippen molar-refractivity contribution in [3.63, 3.8) is 0 Å². The molecule has 1 aromatic heterocycles. The molecule has 7 nitrogen and oxygen atoms in total. The van der Waals surface area contributed by atoms with Gasteiger partial charge in [-0.1, -0.05) is 0 Å². The van der Waals surface area contributed by atoms with Crippen LogP contribution in [-0.2, 0) is 29.4 Å². The zero-order chi connectivity index (χ0) is 22.7. The number of aromatic nitrogens is 2. The van der Waals surface area contributed by atoms with E-state index < -0.39 is 5.60 Å². The van der Waals surface area contributed by atoms with Gasteiger partial charge in [0.15, 0.2) is 0 Å². The molecule has 1 spiro atoms. The second-order valence-corrected chi connectivity index (χ2v) is 11.5. The zero-order valence-electron chi connectivity index (χ0n) is 20.2. The average Bonchev–Trinajstić information content (AvgIpc) is 3.43. The van der Waals surface area contributed by atoms with Crippen LogP contribution in [0.5, 0.6) is 0 Å². The molecule has 0 aromatic carbocycles. The normalized spacial score (nSPS) is 32.5. The maximum absolute atomic E-state index is 13.4. The predicted octanol–water partition coefficient (Wildman–Crippen LogP) is 3.02. The van der Waals surface area contributed by atoms with Crippen LogP contribution in [0.2, 0.25) is 0 Å². The Bertz CT molecular complexity index is 880. The lowest BCUT2D eigenvalue weighted by molar-refractivity contribution is -0.155. The molecule has 0 bridgehead atoms. The van der Waals surface area contributed by atoms with Crippen LogP contribution in [0.3, 0.4) is 0 Å². The molecule has 1 N–H and O–H groups in total. The molecule has 3 fully saturated rings. The number of nitrogens with zero attached hydrogens (tertiary/aromatic N) is 3. The van der Waals surface area contributed by atoms with Gasteiger partial charge in [0.2, 0.25) is 0 Å². The smallest absolute Gasteiger partial charge is 0.272 e. The van der Waals surface area contributed by atoms with Gasteiger partial charge in [0, 0.05) is 25.7 Å². The third-order valence-corrected chi connectivity index (χ3v) is 8.63. The van der Waals surface area contributed by atoms with Crippen LogP contribution in [-0.4, -0.2) is 68.8 Å². The molecule has 1 aromatic rings. The summed E-state index contributed by atoms with van der Waals surface area (Å²) in [5, 5.41) is 15.0. The van der Waals surface area contributed by atoms with Crippen molar-refractivity contribution in [2.24, 2.45) is 12.5 Å². The number of piperidine rings is 1. The van der Waals surface area contributed by atoms with E-state index in [4.69, 9.17) is 9.47 Å². The number of amides is 1. The van der Waals surface area contributed by atoms with Crippen molar-refractivity contribution in [2.45, 2.75) is 102 Å². The maximum atomic E-state index is 13.4. The fourth-order valence-corrected chi connectivity index (χ4v) is 6.41. The van der Waals surface area contributed by atoms with Gasteiger partial charge in [0.1, 0.15) is 5.69 Å². The van der Waals surface area contributed by atoms with Gasteiger partial charge in [0.25, 0.3) is 5.91 Å². The highest BCUT2D eigenvalue weighted by Crippen LogP contribution is 2.49. The number of ether oxygens (including phenoxy) is 2. The van der Waals surface area contributed by atoms with E-state index in [1.165, 1.54) is 12.0 Å². The number of hydrogen-bond acceptors (Lipinski definition) is 5. The Morgan fingerprint density at radius 3 is 2.59 bits per heavy atom. The van der Waals surface area contributed by atoms with Crippen molar-refractivity contribution in [1.29, 1.82) is 0 Å². The molecule has 0 radical (unpaired) electrons. The maximum Gasteiger partial charge on any atom is 0.272 e. The van der Waals surface area contributed by atoms with Crippen molar-refractivity contribution in [3.05, 3.63) is 17.0 Å². The fraction of sp³-hybridized carbons (Fsp3) is 0.840. The van der Waals surface area contributed by atoms with Crippen LogP contribution < -0.4 is 0 Å². The van der Waals surface area contributed by atoms with Gasteiger partial charge in [-0.3, -0.25) is 9.48 Å². The van der Waals surface area contributed by atoms with Crippen LogP contribution in [0, 0.1) is 5.41 Å². The number of hydrogen-bond donors (Lipinski definition) is 1. The molecule has 3 aliphatic heterocycles. The van der Waals surface area contributed by atoms with Crippen molar-refractivity contribution >= 4 is 5.91 Å². The molecule has 178 valence electrons. The highest BCUT2D eigenvalue weighted by molar-refractivity contribution is 5.94. The molecule has 4 heterocycles. The lowest BCUT2D eigenvalue weighted by Gasteiger charge is -2.39. The number of aliphatic hydroxyl groups is 1. The lowest BCUT2D eigenvalue weighted by Crippen LogP contribution is -2.46. The average molecular weight is 446 g/mol. The molecular formula is C25H39N3O4. The number of carbonyl (C=O) groups excluding carboxylic acids is 1. The van der Waals surface area contributed by atoms with Crippen LogP contribution >= 0.6 is 0 Å². The second kappa shape index (κ2) is 7.81. The Morgan fingerprint density at radius 1 is 1.19 bits per heavy atom. The number of aryl methyl sites for hydroxylation is 2. The summed E-state index contributed by atoms with van der Waals surface area (Å²) in [6, 6.07) is 0. The molecule has 7 heteroatoms. The summed E-state index contributed by atoms with van der Waals surface area (Å²) < 4.78 is 14.5. The molecule has 3 atom stereocenters. The van der Waals surface area contributed by atoms with E-state index in [0.717, 1.165) is 82.5 Å². The van der Waals surface area contributed by atoms with Gasteiger partial charge in [0.05, 0.1) is 35.7 Å². The molecule has 5 rings (SSSR count). The number of fused-ring (bicyclic) bond motifs is 1. The minimum Gasteiger partial charge on any atom is -0.388 e. The first kappa shape index (κ1) is 22.4. The van der Waals surface area contributed by atoms with E-state index in [1.807, 2.05) is 30.5 Å². The van der Waals surface area contributed by atoms with E-state index in [9.17, 15) is 9.90 Å². The summed E-state index contributed by atoms with van der Waals surface area (Å²) in [6.45, 7) is 8.09. The topological polar surface area (TPSA) is 76.8 Å². The van der Waals surface area contributed by atoms with Crippen LogP contribution in [0.1, 0.15) is 87.5 Å². The fourth-order valence-electron chi connectivity index (χ4n) is 6.41. The third kappa shape index (κ3) is 3.80. The molecule has 1 aliphatic carbocycles. The summed E-state index contributed by atoms with van der Waals surface area (Å²) in [4.78, 5) is 15.4. The first-order valence-corrected chi connectivity index (χ1v) is 12.5. The highest BCUT2D eigenvalue weighted by atomic mass is 16.6. The third-order valence-electron chi connectivity index (χ3n) is 8.63.